The number of benzene rings is 4. The van der Waals surface area contributed by atoms with Gasteiger partial charge in [-0.2, -0.15) is 0 Å². The predicted octanol–water partition coefficient (Wildman–Crippen LogP) is 7.50. The summed E-state index contributed by atoms with van der Waals surface area (Å²) in [5.41, 5.74) is 2.71. The first-order valence-corrected chi connectivity index (χ1v) is 17.6. The molecule has 1 aromatic heterocycles. The Morgan fingerprint density at radius 2 is 1.67 bits per heavy atom. The van der Waals surface area contributed by atoms with Gasteiger partial charge in [0.25, 0.3) is 5.56 Å². The number of esters is 1. The second-order valence-electron chi connectivity index (χ2n) is 11.1. The Labute approximate surface area is 312 Å². The van der Waals surface area contributed by atoms with Crippen molar-refractivity contribution in [2.45, 2.75) is 19.6 Å². The molecule has 0 saturated carbocycles. The van der Waals surface area contributed by atoms with Crippen LogP contribution in [0.1, 0.15) is 35.2 Å². The van der Waals surface area contributed by atoms with Gasteiger partial charge in [0.15, 0.2) is 16.3 Å². The van der Waals surface area contributed by atoms with Crippen LogP contribution in [-0.4, -0.2) is 38.5 Å². The maximum Gasteiger partial charge on any atom is 0.338 e. The maximum absolute atomic E-state index is 14.4. The van der Waals surface area contributed by atoms with E-state index in [1.165, 1.54) is 30.1 Å². The highest BCUT2D eigenvalue weighted by Crippen LogP contribution is 2.41. The van der Waals surface area contributed by atoms with Crippen LogP contribution in [0.5, 0.6) is 23.0 Å². The molecule has 1 aliphatic heterocycles. The summed E-state index contributed by atoms with van der Waals surface area (Å²) in [5, 5.41) is 1.23. The largest absolute Gasteiger partial charge is 0.497 e. The Balaban J connectivity index is 1.52. The van der Waals surface area contributed by atoms with Crippen LogP contribution >= 0.6 is 46.1 Å². The Morgan fingerprint density at radius 3 is 2.35 bits per heavy atom. The van der Waals surface area contributed by atoms with E-state index in [1.807, 2.05) is 30.3 Å². The normalized spacial score (nSPS) is 14.1. The number of fused-ring (bicyclic) bond motifs is 1. The van der Waals surface area contributed by atoms with Crippen LogP contribution in [0, 0.1) is 0 Å². The minimum atomic E-state index is -0.952. The fourth-order valence-electron chi connectivity index (χ4n) is 5.68. The van der Waals surface area contributed by atoms with Crippen molar-refractivity contribution < 1.29 is 28.5 Å². The van der Waals surface area contributed by atoms with Crippen molar-refractivity contribution in [3.63, 3.8) is 0 Å². The Kier molecular flexibility index (Phi) is 11.1. The molecule has 0 saturated heterocycles. The van der Waals surface area contributed by atoms with Crippen LogP contribution in [-0.2, 0) is 16.1 Å². The van der Waals surface area contributed by atoms with Crippen molar-refractivity contribution >= 4 is 63.9 Å². The molecule has 0 aliphatic carbocycles. The molecule has 4 aromatic carbocycles. The number of nitrogens with zero attached hydrogens (tertiary/aromatic N) is 2. The number of ether oxygens (including phenoxy) is 5. The van der Waals surface area contributed by atoms with E-state index in [-0.39, 0.29) is 29.4 Å². The molecule has 1 atom stereocenters. The predicted molar refractivity (Wildman–Crippen MR) is 199 cm³/mol. The zero-order valence-corrected chi connectivity index (χ0v) is 31.0. The fraction of sp³-hybridized carbons (Fsp3) is 0.184. The highest BCUT2D eigenvalue weighted by molar-refractivity contribution is 7.07. The first-order chi connectivity index (χ1) is 24.7. The molecule has 51 heavy (non-hydrogen) atoms. The van der Waals surface area contributed by atoms with Crippen molar-refractivity contribution in [2.24, 2.45) is 4.99 Å². The molecule has 0 fully saturated rings. The van der Waals surface area contributed by atoms with Gasteiger partial charge in [-0.1, -0.05) is 82.5 Å². The van der Waals surface area contributed by atoms with E-state index in [2.05, 4.69) is 0 Å². The van der Waals surface area contributed by atoms with Crippen LogP contribution in [0.2, 0.25) is 15.1 Å². The summed E-state index contributed by atoms with van der Waals surface area (Å²) >= 11 is 20.3. The topological polar surface area (TPSA) is 97.6 Å². The lowest BCUT2D eigenvalue weighted by atomic mass is 9.92. The van der Waals surface area contributed by atoms with Crippen LogP contribution in [0.25, 0.3) is 11.8 Å². The van der Waals surface area contributed by atoms with Gasteiger partial charge in [-0.15, -0.1) is 0 Å². The van der Waals surface area contributed by atoms with Gasteiger partial charge < -0.3 is 23.7 Å². The number of thiazole rings is 1. The number of carbonyl (C=O) groups excluding carboxylic acids is 1. The van der Waals surface area contributed by atoms with E-state index < -0.39 is 12.0 Å². The third kappa shape index (κ3) is 7.36. The summed E-state index contributed by atoms with van der Waals surface area (Å²) in [6.07, 6.45) is 1.69. The number of methoxy groups -OCH3 is 3. The zero-order valence-electron chi connectivity index (χ0n) is 27.9. The summed E-state index contributed by atoms with van der Waals surface area (Å²) < 4.78 is 30.3. The highest BCUT2D eigenvalue weighted by atomic mass is 35.5. The lowest BCUT2D eigenvalue weighted by Crippen LogP contribution is -2.40. The maximum atomic E-state index is 14.4. The minimum Gasteiger partial charge on any atom is -0.497 e. The SMILES string of the molecule is CCOC(=O)C1=C(c2ccccc2)N=c2s/c(=C\c3cc(Cl)c(OCc4ccc(Cl)cc4Cl)c(OC)c3)c(=O)n2[C@H]1c1ccc(OC)cc1OC. The molecule has 6 rings (SSSR count). The summed E-state index contributed by atoms with van der Waals surface area (Å²) in [4.78, 5) is 33.6. The van der Waals surface area contributed by atoms with Gasteiger partial charge in [-0.05, 0) is 55.0 Å². The third-order valence-corrected chi connectivity index (χ3v) is 9.90. The number of rotatable bonds is 11. The summed E-state index contributed by atoms with van der Waals surface area (Å²) in [7, 11) is 4.56. The van der Waals surface area contributed by atoms with Gasteiger partial charge in [0, 0.05) is 32.8 Å². The van der Waals surface area contributed by atoms with Crippen molar-refractivity contribution in [1.29, 1.82) is 0 Å². The average molecular weight is 766 g/mol. The molecule has 0 radical (unpaired) electrons. The summed E-state index contributed by atoms with van der Waals surface area (Å²) in [6.45, 7) is 1.96. The van der Waals surface area contributed by atoms with Gasteiger partial charge in [-0.3, -0.25) is 9.36 Å². The highest BCUT2D eigenvalue weighted by Gasteiger charge is 2.37. The Morgan fingerprint density at radius 1 is 0.902 bits per heavy atom. The van der Waals surface area contributed by atoms with Gasteiger partial charge >= 0.3 is 5.97 Å². The quantitative estimate of drug-likeness (QED) is 0.129. The molecule has 5 aromatic rings. The van der Waals surface area contributed by atoms with Gasteiger partial charge in [0.05, 0.1) is 48.8 Å². The Hall–Kier alpha value is -4.74. The van der Waals surface area contributed by atoms with Gasteiger partial charge in [0.1, 0.15) is 24.1 Å². The zero-order chi connectivity index (χ0) is 36.2. The molecular formula is C38H31Cl3N2O7S. The van der Waals surface area contributed by atoms with Crippen molar-refractivity contribution in [2.75, 3.05) is 27.9 Å². The molecule has 0 N–H and O–H groups in total. The molecule has 0 spiro atoms. The number of aromatic nitrogens is 1. The second-order valence-corrected chi connectivity index (χ2v) is 13.4. The third-order valence-electron chi connectivity index (χ3n) is 8.05. The molecule has 9 nitrogen and oxygen atoms in total. The smallest absolute Gasteiger partial charge is 0.338 e. The van der Waals surface area contributed by atoms with E-state index in [0.29, 0.717) is 70.3 Å². The van der Waals surface area contributed by atoms with Crippen molar-refractivity contribution in [1.82, 2.24) is 4.57 Å². The van der Waals surface area contributed by atoms with E-state index >= 15 is 0 Å². The fourth-order valence-corrected chi connectivity index (χ4v) is 7.42. The second kappa shape index (κ2) is 15.7. The van der Waals surface area contributed by atoms with Crippen LogP contribution < -0.4 is 33.8 Å². The molecule has 262 valence electrons. The molecule has 0 unspecified atom stereocenters. The van der Waals surface area contributed by atoms with Crippen LogP contribution in [0.4, 0.5) is 0 Å². The van der Waals surface area contributed by atoms with Crippen molar-refractivity contribution in [3.8, 4) is 23.0 Å². The number of carbonyl (C=O) groups is 1. The lowest BCUT2D eigenvalue weighted by molar-refractivity contribution is -0.138. The molecular weight excluding hydrogens is 735 g/mol. The number of hydrogen-bond acceptors (Lipinski definition) is 9. The van der Waals surface area contributed by atoms with Crippen LogP contribution in [0.3, 0.4) is 0 Å². The summed E-state index contributed by atoms with van der Waals surface area (Å²) in [6, 6.07) is 22.1. The molecule has 2 heterocycles. The molecule has 0 bridgehead atoms. The average Bonchev–Trinajstić information content (AvgIpc) is 3.44. The van der Waals surface area contributed by atoms with Crippen LogP contribution in [0.15, 0.2) is 94.2 Å². The Bertz CT molecular complexity index is 2340. The number of hydrogen-bond donors (Lipinski definition) is 0. The minimum absolute atomic E-state index is 0.116. The number of halogens is 3. The first kappa shape index (κ1) is 36.1. The van der Waals surface area contributed by atoms with Gasteiger partial charge in [-0.25, -0.2) is 9.79 Å². The van der Waals surface area contributed by atoms with E-state index in [4.69, 9.17) is 63.5 Å². The van der Waals surface area contributed by atoms with E-state index in [1.54, 1.807) is 68.6 Å². The molecule has 13 heteroatoms. The van der Waals surface area contributed by atoms with Crippen molar-refractivity contribution in [3.05, 3.63) is 141 Å². The molecule has 0 amide bonds. The van der Waals surface area contributed by atoms with Gasteiger partial charge in [0.2, 0.25) is 0 Å². The monoisotopic (exact) mass is 764 g/mol. The van der Waals surface area contributed by atoms with E-state index in [0.717, 1.165) is 0 Å². The van der Waals surface area contributed by atoms with E-state index in [9.17, 15) is 9.59 Å². The summed E-state index contributed by atoms with van der Waals surface area (Å²) in [5.74, 6) is 1.01. The first-order valence-electron chi connectivity index (χ1n) is 15.6. The lowest BCUT2D eigenvalue weighted by Gasteiger charge is -2.27. The standard InChI is InChI=1S/C38H31Cl3N2O7S/c1-5-49-37(45)32-33(22-9-7-6-8-10-22)42-38-43(34(32)26-14-13-25(46-2)19-29(26)47-3)36(44)31(51-38)17-21-15-28(41)35(30(16-21)48-4)50-20-23-11-12-24(39)18-27(23)40/h6-19,34H,5,20H2,1-4H3/b31-17-/t34-/m0/s1. The molecule has 1 aliphatic rings.